The SMILES string of the molecule is c1cc2ccc3cccc4ccc(c1)c2c34.c1cc2ccc3cccc4ccc(c1)c2c34.c1ccc2ccccc2c1. The van der Waals surface area contributed by atoms with E-state index >= 15 is 0 Å². The van der Waals surface area contributed by atoms with E-state index in [4.69, 9.17) is 0 Å². The van der Waals surface area contributed by atoms with Gasteiger partial charge in [0.15, 0.2) is 0 Å². The van der Waals surface area contributed by atoms with Gasteiger partial charge in [0.25, 0.3) is 0 Å². The smallest absolute Gasteiger partial charge is 0.00268 e. The molecule has 0 bridgehead atoms. The maximum Gasteiger partial charge on any atom is -0.00268 e. The molecular formula is C42H28. The third-order valence-electron chi connectivity index (χ3n) is 8.44. The lowest BCUT2D eigenvalue weighted by molar-refractivity contribution is 1.75. The largest absolute Gasteiger partial charge is 0.0616 e. The van der Waals surface area contributed by atoms with E-state index in [2.05, 4.69) is 170 Å². The summed E-state index contributed by atoms with van der Waals surface area (Å²) < 4.78 is 0. The molecule has 0 saturated heterocycles. The van der Waals surface area contributed by atoms with Gasteiger partial charge < -0.3 is 0 Å². The van der Waals surface area contributed by atoms with Gasteiger partial charge in [-0.3, -0.25) is 0 Å². The number of hydrogen-bond donors (Lipinski definition) is 0. The van der Waals surface area contributed by atoms with Crippen LogP contribution in [-0.2, 0) is 0 Å². The van der Waals surface area contributed by atoms with Gasteiger partial charge in [0.1, 0.15) is 0 Å². The van der Waals surface area contributed by atoms with Crippen molar-refractivity contribution in [2.45, 2.75) is 0 Å². The van der Waals surface area contributed by atoms with Gasteiger partial charge in [-0.15, -0.1) is 0 Å². The molecule has 42 heavy (non-hydrogen) atoms. The normalized spacial score (nSPS) is 11.3. The van der Waals surface area contributed by atoms with Crippen LogP contribution in [-0.4, -0.2) is 0 Å². The molecule has 0 unspecified atom stereocenters. The van der Waals surface area contributed by atoms with Crippen LogP contribution in [0.25, 0.3) is 75.4 Å². The third kappa shape index (κ3) is 4.17. The Morgan fingerprint density at radius 2 is 0.310 bits per heavy atom. The molecule has 0 aliphatic heterocycles. The minimum atomic E-state index is 1.31. The minimum Gasteiger partial charge on any atom is -0.0616 e. The van der Waals surface area contributed by atoms with Crippen LogP contribution >= 0.6 is 0 Å². The van der Waals surface area contributed by atoms with E-state index in [-0.39, 0.29) is 0 Å². The first-order chi connectivity index (χ1) is 20.8. The van der Waals surface area contributed by atoms with Gasteiger partial charge in [0, 0.05) is 0 Å². The Morgan fingerprint density at radius 1 is 0.143 bits per heavy atom. The van der Waals surface area contributed by atoms with E-state index in [1.165, 1.54) is 75.4 Å². The molecule has 10 rings (SSSR count). The molecule has 0 saturated carbocycles. The Balaban J connectivity index is 0.0000000983. The summed E-state index contributed by atoms with van der Waals surface area (Å²) in [4.78, 5) is 0. The van der Waals surface area contributed by atoms with Crippen molar-refractivity contribution >= 4 is 75.4 Å². The van der Waals surface area contributed by atoms with E-state index < -0.39 is 0 Å². The van der Waals surface area contributed by atoms with Gasteiger partial charge in [-0.05, 0) is 75.4 Å². The number of rotatable bonds is 0. The molecule has 196 valence electrons. The monoisotopic (exact) mass is 532 g/mol. The maximum absolute atomic E-state index is 2.21. The Kier molecular flexibility index (Phi) is 5.90. The average Bonchev–Trinajstić information content (AvgIpc) is 3.07. The molecule has 0 radical (unpaired) electrons. The lowest BCUT2D eigenvalue weighted by atomic mass is 9.95. The first-order valence-electron chi connectivity index (χ1n) is 14.5. The third-order valence-corrected chi connectivity index (χ3v) is 8.44. The second-order valence-corrected chi connectivity index (χ2v) is 10.9. The second-order valence-electron chi connectivity index (χ2n) is 10.9. The Bertz CT molecular complexity index is 2000. The molecule has 0 aliphatic rings. The summed E-state index contributed by atoms with van der Waals surface area (Å²) in [7, 11) is 0. The summed E-state index contributed by atoms with van der Waals surface area (Å²) in [6.07, 6.45) is 0. The van der Waals surface area contributed by atoms with E-state index in [1.54, 1.807) is 0 Å². The summed E-state index contributed by atoms with van der Waals surface area (Å²) in [5.74, 6) is 0. The van der Waals surface area contributed by atoms with Crippen LogP contribution < -0.4 is 0 Å². The Morgan fingerprint density at radius 3 is 0.500 bits per heavy atom. The lowest BCUT2D eigenvalue weighted by Gasteiger charge is -2.09. The molecule has 0 amide bonds. The molecule has 0 atom stereocenters. The highest BCUT2D eigenvalue weighted by atomic mass is 14.1. The molecule has 0 heterocycles. The molecule has 10 aromatic rings. The summed E-state index contributed by atoms with van der Waals surface area (Å²) in [5, 5.41) is 18.9. The van der Waals surface area contributed by atoms with E-state index in [0.717, 1.165) is 0 Å². The van der Waals surface area contributed by atoms with Crippen molar-refractivity contribution in [1.82, 2.24) is 0 Å². The van der Waals surface area contributed by atoms with Gasteiger partial charge >= 0.3 is 0 Å². The molecule has 10 aromatic carbocycles. The summed E-state index contributed by atoms with van der Waals surface area (Å²) in [6, 6.07) is 60.4. The summed E-state index contributed by atoms with van der Waals surface area (Å²) in [6.45, 7) is 0. The van der Waals surface area contributed by atoms with Crippen LogP contribution in [0, 0.1) is 0 Å². The predicted molar refractivity (Wildman–Crippen MR) is 184 cm³/mol. The quantitative estimate of drug-likeness (QED) is 0.170. The average molecular weight is 533 g/mol. The molecule has 0 nitrogen and oxygen atoms in total. The Hall–Kier alpha value is -5.46. The molecule has 0 aliphatic carbocycles. The zero-order chi connectivity index (χ0) is 27.9. The fourth-order valence-electron chi connectivity index (χ4n) is 6.47. The van der Waals surface area contributed by atoms with Gasteiger partial charge in [-0.25, -0.2) is 0 Å². The first kappa shape index (κ1) is 24.3. The molecule has 0 heteroatoms. The van der Waals surface area contributed by atoms with Crippen molar-refractivity contribution in [2.75, 3.05) is 0 Å². The number of fused-ring (bicyclic) bond motifs is 1. The van der Waals surface area contributed by atoms with Gasteiger partial charge in [0.2, 0.25) is 0 Å². The highest BCUT2D eigenvalue weighted by Crippen LogP contribution is 2.35. The highest BCUT2D eigenvalue weighted by molar-refractivity contribution is 6.23. The first-order valence-corrected chi connectivity index (χ1v) is 14.5. The second kappa shape index (κ2) is 10.2. The van der Waals surface area contributed by atoms with E-state index in [1.807, 2.05) is 0 Å². The molecule has 0 fully saturated rings. The van der Waals surface area contributed by atoms with Crippen molar-refractivity contribution in [3.63, 3.8) is 0 Å². The van der Waals surface area contributed by atoms with Crippen molar-refractivity contribution < 1.29 is 0 Å². The van der Waals surface area contributed by atoms with Crippen LogP contribution in [0.4, 0.5) is 0 Å². The van der Waals surface area contributed by atoms with Crippen molar-refractivity contribution in [1.29, 1.82) is 0 Å². The van der Waals surface area contributed by atoms with Crippen molar-refractivity contribution in [2.24, 2.45) is 0 Å². The fourth-order valence-corrected chi connectivity index (χ4v) is 6.47. The van der Waals surface area contributed by atoms with Crippen molar-refractivity contribution in [3.8, 4) is 0 Å². The maximum atomic E-state index is 2.21. The van der Waals surface area contributed by atoms with Crippen LogP contribution in [0.1, 0.15) is 0 Å². The van der Waals surface area contributed by atoms with Crippen LogP contribution in [0.2, 0.25) is 0 Å². The lowest BCUT2D eigenvalue weighted by Crippen LogP contribution is -1.82. The highest BCUT2D eigenvalue weighted by Gasteiger charge is 2.07. The van der Waals surface area contributed by atoms with Gasteiger partial charge in [-0.1, -0.05) is 170 Å². The standard InChI is InChI=1S/2C16H10.C10H8/c2*1-3-11-7-9-13-5-2-6-14-10-8-12(4-1)15(11)16(13)14;1-2-6-10-8-4-3-7-9(10)5-1/h2*1-10H;1-8H. The van der Waals surface area contributed by atoms with Gasteiger partial charge in [-0.2, -0.15) is 0 Å². The zero-order valence-electron chi connectivity index (χ0n) is 23.2. The zero-order valence-corrected chi connectivity index (χ0v) is 23.2. The van der Waals surface area contributed by atoms with Crippen molar-refractivity contribution in [3.05, 3.63) is 170 Å². The van der Waals surface area contributed by atoms with Crippen LogP contribution in [0.3, 0.4) is 0 Å². The molecule has 0 spiro atoms. The van der Waals surface area contributed by atoms with Gasteiger partial charge in [0.05, 0.1) is 0 Å². The number of benzene rings is 10. The summed E-state index contributed by atoms with van der Waals surface area (Å²) >= 11 is 0. The Labute approximate surface area is 244 Å². The molecule has 0 aromatic heterocycles. The molecule has 0 N–H and O–H groups in total. The van der Waals surface area contributed by atoms with Crippen LogP contribution in [0.5, 0.6) is 0 Å². The summed E-state index contributed by atoms with van der Waals surface area (Å²) in [5.41, 5.74) is 0. The molecular weight excluding hydrogens is 504 g/mol. The van der Waals surface area contributed by atoms with Crippen LogP contribution in [0.15, 0.2) is 170 Å². The fraction of sp³-hybridized carbons (Fsp3) is 0. The van der Waals surface area contributed by atoms with E-state index in [0.29, 0.717) is 0 Å². The number of hydrogen-bond acceptors (Lipinski definition) is 0. The minimum absolute atomic E-state index is 1.31. The van der Waals surface area contributed by atoms with E-state index in [9.17, 15) is 0 Å². The predicted octanol–water partition coefficient (Wildman–Crippen LogP) is 12.0. The topological polar surface area (TPSA) is 0 Å².